The van der Waals surface area contributed by atoms with Crippen molar-refractivity contribution < 1.29 is 0 Å². The van der Waals surface area contributed by atoms with Crippen LogP contribution in [-0.4, -0.2) is 13.3 Å². The highest BCUT2D eigenvalue weighted by atomic mass is 14.6. The standard InChI is InChI=1S/C11H15N/c1-4-5-6-7-8-9-11(2)10-12-3/h4-10H,1H2,2-3H3/b6-5+,8-7-,11-9+,12-10-. The number of nitrogens with zero attached hydrogens (tertiary/aromatic N) is 1. The summed E-state index contributed by atoms with van der Waals surface area (Å²) in [6, 6.07) is 0. The number of aliphatic imine (C=N–C) groups is 1. The molecular weight excluding hydrogens is 146 g/mol. The Morgan fingerprint density at radius 3 is 2.42 bits per heavy atom. The van der Waals surface area contributed by atoms with Gasteiger partial charge in [-0.3, -0.25) is 4.99 Å². The first-order valence-corrected chi connectivity index (χ1v) is 3.86. The van der Waals surface area contributed by atoms with Gasteiger partial charge in [0.1, 0.15) is 0 Å². The molecule has 0 unspecified atom stereocenters. The fraction of sp³-hybridized carbons (Fsp3) is 0.182. The van der Waals surface area contributed by atoms with Gasteiger partial charge in [0.15, 0.2) is 0 Å². The Morgan fingerprint density at radius 1 is 1.17 bits per heavy atom. The van der Waals surface area contributed by atoms with E-state index in [9.17, 15) is 0 Å². The van der Waals surface area contributed by atoms with Crippen molar-refractivity contribution in [1.29, 1.82) is 0 Å². The van der Waals surface area contributed by atoms with Crippen LogP contribution in [-0.2, 0) is 0 Å². The van der Waals surface area contributed by atoms with Crippen molar-refractivity contribution in [3.8, 4) is 0 Å². The van der Waals surface area contributed by atoms with Crippen molar-refractivity contribution in [2.45, 2.75) is 6.92 Å². The smallest absolute Gasteiger partial charge is 0.0277 e. The number of hydrogen-bond acceptors (Lipinski definition) is 1. The van der Waals surface area contributed by atoms with Gasteiger partial charge in [-0.1, -0.05) is 43.0 Å². The van der Waals surface area contributed by atoms with Crippen LogP contribution >= 0.6 is 0 Å². The molecule has 1 heteroatoms. The first-order valence-electron chi connectivity index (χ1n) is 3.86. The Hall–Kier alpha value is -1.37. The predicted molar refractivity (Wildman–Crippen MR) is 56.7 cm³/mol. The van der Waals surface area contributed by atoms with Crippen molar-refractivity contribution in [2.24, 2.45) is 4.99 Å². The van der Waals surface area contributed by atoms with E-state index in [0.29, 0.717) is 0 Å². The maximum atomic E-state index is 3.89. The minimum absolute atomic E-state index is 1.14. The molecule has 0 heterocycles. The largest absolute Gasteiger partial charge is 0.296 e. The lowest BCUT2D eigenvalue weighted by atomic mass is 10.3. The maximum absolute atomic E-state index is 3.89. The van der Waals surface area contributed by atoms with Crippen LogP contribution in [0.3, 0.4) is 0 Å². The normalized spacial score (nSPS) is 13.7. The molecule has 0 bridgehead atoms. The second-order valence-corrected chi connectivity index (χ2v) is 2.30. The van der Waals surface area contributed by atoms with E-state index in [1.54, 1.807) is 13.1 Å². The fourth-order valence-electron chi connectivity index (χ4n) is 0.661. The second kappa shape index (κ2) is 7.73. The number of allylic oxidation sites excluding steroid dienone is 7. The van der Waals surface area contributed by atoms with E-state index in [1.165, 1.54) is 0 Å². The lowest BCUT2D eigenvalue weighted by molar-refractivity contribution is 1.45. The van der Waals surface area contributed by atoms with Gasteiger partial charge in [-0.15, -0.1) is 0 Å². The second-order valence-electron chi connectivity index (χ2n) is 2.30. The van der Waals surface area contributed by atoms with Crippen molar-refractivity contribution in [1.82, 2.24) is 0 Å². The van der Waals surface area contributed by atoms with E-state index in [1.807, 2.05) is 43.5 Å². The van der Waals surface area contributed by atoms with Crippen molar-refractivity contribution in [3.05, 3.63) is 48.6 Å². The molecule has 0 aliphatic rings. The Labute approximate surface area is 74.5 Å². The van der Waals surface area contributed by atoms with E-state index in [4.69, 9.17) is 0 Å². The average Bonchev–Trinajstić information content (AvgIpc) is 2.05. The van der Waals surface area contributed by atoms with E-state index >= 15 is 0 Å². The Bertz CT molecular complexity index is 229. The van der Waals surface area contributed by atoms with E-state index in [0.717, 1.165) is 5.57 Å². The molecule has 0 spiro atoms. The van der Waals surface area contributed by atoms with E-state index in [-0.39, 0.29) is 0 Å². The van der Waals surface area contributed by atoms with Gasteiger partial charge in [-0.25, -0.2) is 0 Å². The Balaban J connectivity index is 3.93. The predicted octanol–water partition coefficient (Wildman–Crippen LogP) is 2.93. The van der Waals surface area contributed by atoms with Crippen LogP contribution in [0.1, 0.15) is 6.92 Å². The van der Waals surface area contributed by atoms with Crippen molar-refractivity contribution in [2.75, 3.05) is 7.05 Å². The van der Waals surface area contributed by atoms with Crippen LogP contribution < -0.4 is 0 Å². The zero-order valence-corrected chi connectivity index (χ0v) is 7.70. The minimum Gasteiger partial charge on any atom is -0.296 e. The molecule has 12 heavy (non-hydrogen) atoms. The van der Waals surface area contributed by atoms with Gasteiger partial charge in [-0.2, -0.15) is 0 Å². The van der Waals surface area contributed by atoms with Crippen LogP contribution in [0.5, 0.6) is 0 Å². The fourth-order valence-corrected chi connectivity index (χ4v) is 0.661. The summed E-state index contributed by atoms with van der Waals surface area (Å²) >= 11 is 0. The van der Waals surface area contributed by atoms with Gasteiger partial charge in [0, 0.05) is 13.3 Å². The minimum atomic E-state index is 1.14. The zero-order chi connectivity index (χ0) is 9.23. The summed E-state index contributed by atoms with van der Waals surface area (Å²) in [6.07, 6.45) is 13.3. The summed E-state index contributed by atoms with van der Waals surface area (Å²) in [6.45, 7) is 5.57. The molecule has 0 aromatic rings. The summed E-state index contributed by atoms with van der Waals surface area (Å²) < 4.78 is 0. The highest BCUT2D eigenvalue weighted by Crippen LogP contribution is 1.88. The van der Waals surface area contributed by atoms with Crippen LogP contribution in [0, 0.1) is 0 Å². The topological polar surface area (TPSA) is 12.4 Å². The Kier molecular flexibility index (Phi) is 6.85. The molecule has 0 rings (SSSR count). The monoisotopic (exact) mass is 161 g/mol. The third-order valence-corrected chi connectivity index (χ3v) is 1.16. The van der Waals surface area contributed by atoms with Gasteiger partial charge >= 0.3 is 0 Å². The molecule has 1 nitrogen and oxygen atoms in total. The SMILES string of the molecule is C=C/C=C/C=C\C=C(C)\C=N/C. The van der Waals surface area contributed by atoms with Gasteiger partial charge in [0.05, 0.1) is 0 Å². The van der Waals surface area contributed by atoms with Gasteiger partial charge in [0.2, 0.25) is 0 Å². The van der Waals surface area contributed by atoms with Gasteiger partial charge in [-0.05, 0) is 12.5 Å². The number of rotatable bonds is 4. The molecule has 64 valence electrons. The third kappa shape index (κ3) is 6.75. The molecule has 0 amide bonds. The average molecular weight is 161 g/mol. The molecule has 0 radical (unpaired) electrons. The van der Waals surface area contributed by atoms with Gasteiger partial charge in [0.25, 0.3) is 0 Å². The molecule has 0 N–H and O–H groups in total. The first-order chi connectivity index (χ1) is 5.81. The quantitative estimate of drug-likeness (QED) is 0.444. The van der Waals surface area contributed by atoms with Gasteiger partial charge < -0.3 is 0 Å². The highest BCUT2D eigenvalue weighted by molar-refractivity contribution is 5.77. The lowest BCUT2D eigenvalue weighted by Crippen LogP contribution is -1.73. The lowest BCUT2D eigenvalue weighted by Gasteiger charge is -1.83. The molecule has 0 aliphatic carbocycles. The zero-order valence-electron chi connectivity index (χ0n) is 7.70. The van der Waals surface area contributed by atoms with E-state index in [2.05, 4.69) is 11.6 Å². The molecule has 0 saturated heterocycles. The van der Waals surface area contributed by atoms with Crippen LogP contribution in [0.2, 0.25) is 0 Å². The first kappa shape index (κ1) is 10.6. The Morgan fingerprint density at radius 2 is 1.83 bits per heavy atom. The van der Waals surface area contributed by atoms with E-state index < -0.39 is 0 Å². The molecule has 0 aliphatic heterocycles. The highest BCUT2D eigenvalue weighted by Gasteiger charge is 1.74. The summed E-state index contributed by atoms with van der Waals surface area (Å²) in [4.78, 5) is 3.89. The number of hydrogen-bond donors (Lipinski definition) is 0. The molecule has 0 fully saturated rings. The molecule has 0 aromatic heterocycles. The summed E-state index contributed by atoms with van der Waals surface area (Å²) in [5, 5.41) is 0. The summed E-state index contributed by atoms with van der Waals surface area (Å²) in [7, 11) is 1.76. The van der Waals surface area contributed by atoms with Crippen molar-refractivity contribution in [3.63, 3.8) is 0 Å². The van der Waals surface area contributed by atoms with Crippen LogP contribution in [0.15, 0.2) is 53.6 Å². The van der Waals surface area contributed by atoms with Crippen LogP contribution in [0.25, 0.3) is 0 Å². The molecular formula is C11H15N. The third-order valence-electron chi connectivity index (χ3n) is 1.16. The maximum Gasteiger partial charge on any atom is 0.0277 e. The molecule has 0 saturated carbocycles. The molecule has 0 atom stereocenters. The molecule has 0 aromatic carbocycles. The summed E-state index contributed by atoms with van der Waals surface area (Å²) in [5.74, 6) is 0. The summed E-state index contributed by atoms with van der Waals surface area (Å²) in [5.41, 5.74) is 1.14. The van der Waals surface area contributed by atoms with Crippen LogP contribution in [0.4, 0.5) is 0 Å². The van der Waals surface area contributed by atoms with Crippen molar-refractivity contribution >= 4 is 6.21 Å².